The maximum absolute atomic E-state index is 10.6. The van der Waals surface area contributed by atoms with Crippen LogP contribution in [0.4, 0.5) is 0 Å². The molecule has 0 bridgehead atoms. The molecule has 0 aromatic heterocycles. The summed E-state index contributed by atoms with van der Waals surface area (Å²) in [6, 6.07) is 7.35. The molecule has 0 aliphatic carbocycles. The highest BCUT2D eigenvalue weighted by atomic mass is 16.5. The first-order chi connectivity index (χ1) is 7.72. The van der Waals surface area contributed by atoms with Crippen molar-refractivity contribution in [3.63, 3.8) is 0 Å². The SMILES string of the molecule is O=Cc1cccc(CC2(O)CCCOC2)c1. The monoisotopic (exact) mass is 220 g/mol. The third-order valence-electron chi connectivity index (χ3n) is 2.92. The molecule has 3 heteroatoms. The molecule has 0 saturated carbocycles. The Labute approximate surface area is 95.0 Å². The van der Waals surface area contributed by atoms with Crippen LogP contribution in [0.25, 0.3) is 0 Å². The van der Waals surface area contributed by atoms with E-state index in [2.05, 4.69) is 0 Å². The highest BCUT2D eigenvalue weighted by molar-refractivity contribution is 5.74. The molecule has 2 rings (SSSR count). The fourth-order valence-electron chi connectivity index (χ4n) is 2.13. The van der Waals surface area contributed by atoms with Crippen molar-refractivity contribution in [3.8, 4) is 0 Å². The van der Waals surface area contributed by atoms with Crippen molar-refractivity contribution in [2.24, 2.45) is 0 Å². The standard InChI is InChI=1S/C13H16O3/c14-9-12-4-1-3-11(7-12)8-13(15)5-2-6-16-10-13/h1,3-4,7,9,15H,2,5-6,8,10H2. The van der Waals surface area contributed by atoms with Crippen molar-refractivity contribution < 1.29 is 14.6 Å². The zero-order chi connectivity index (χ0) is 11.4. The van der Waals surface area contributed by atoms with E-state index in [-0.39, 0.29) is 0 Å². The fraction of sp³-hybridized carbons (Fsp3) is 0.462. The second-order valence-electron chi connectivity index (χ2n) is 4.42. The van der Waals surface area contributed by atoms with Gasteiger partial charge in [0, 0.05) is 18.6 Å². The topological polar surface area (TPSA) is 46.5 Å². The third kappa shape index (κ3) is 2.68. The minimum Gasteiger partial charge on any atom is -0.387 e. The van der Waals surface area contributed by atoms with E-state index in [1.54, 1.807) is 6.07 Å². The summed E-state index contributed by atoms with van der Waals surface area (Å²) in [6.45, 7) is 1.12. The first-order valence-electron chi connectivity index (χ1n) is 5.56. The lowest BCUT2D eigenvalue weighted by molar-refractivity contribution is -0.0845. The second-order valence-corrected chi connectivity index (χ2v) is 4.42. The van der Waals surface area contributed by atoms with Gasteiger partial charge >= 0.3 is 0 Å². The molecule has 1 saturated heterocycles. The Morgan fingerprint density at radius 2 is 2.38 bits per heavy atom. The number of hydrogen-bond acceptors (Lipinski definition) is 3. The molecule has 16 heavy (non-hydrogen) atoms. The van der Waals surface area contributed by atoms with Gasteiger partial charge in [-0.2, -0.15) is 0 Å². The van der Waals surface area contributed by atoms with Gasteiger partial charge in [0.25, 0.3) is 0 Å². The smallest absolute Gasteiger partial charge is 0.150 e. The van der Waals surface area contributed by atoms with Gasteiger partial charge in [-0.05, 0) is 24.5 Å². The maximum Gasteiger partial charge on any atom is 0.150 e. The number of aldehydes is 1. The number of carbonyl (C=O) groups excluding carboxylic acids is 1. The molecular weight excluding hydrogens is 204 g/mol. The lowest BCUT2D eigenvalue weighted by atomic mass is 9.89. The normalized spacial score (nSPS) is 25.3. The molecule has 1 aliphatic rings. The first-order valence-corrected chi connectivity index (χ1v) is 5.56. The van der Waals surface area contributed by atoms with Crippen LogP contribution in [0.3, 0.4) is 0 Å². The lowest BCUT2D eigenvalue weighted by Gasteiger charge is -2.32. The van der Waals surface area contributed by atoms with Gasteiger partial charge in [-0.1, -0.05) is 18.2 Å². The molecule has 1 unspecified atom stereocenters. The number of rotatable bonds is 3. The molecule has 86 valence electrons. The van der Waals surface area contributed by atoms with Crippen LogP contribution in [0, 0.1) is 0 Å². The van der Waals surface area contributed by atoms with Crippen molar-refractivity contribution in [2.45, 2.75) is 24.9 Å². The Kier molecular flexibility index (Phi) is 3.36. The Balaban J connectivity index is 2.09. The van der Waals surface area contributed by atoms with Gasteiger partial charge in [0.2, 0.25) is 0 Å². The van der Waals surface area contributed by atoms with Crippen LogP contribution in [-0.2, 0) is 11.2 Å². The predicted molar refractivity (Wildman–Crippen MR) is 60.5 cm³/mol. The van der Waals surface area contributed by atoms with Crippen molar-refractivity contribution in [3.05, 3.63) is 35.4 Å². The fourth-order valence-corrected chi connectivity index (χ4v) is 2.13. The van der Waals surface area contributed by atoms with Crippen LogP contribution in [0.2, 0.25) is 0 Å². The van der Waals surface area contributed by atoms with Crippen molar-refractivity contribution in [2.75, 3.05) is 13.2 Å². The van der Waals surface area contributed by atoms with Crippen molar-refractivity contribution in [1.29, 1.82) is 0 Å². The van der Waals surface area contributed by atoms with Gasteiger partial charge in [0.1, 0.15) is 6.29 Å². The van der Waals surface area contributed by atoms with Gasteiger partial charge in [-0.25, -0.2) is 0 Å². The van der Waals surface area contributed by atoms with E-state index in [1.807, 2.05) is 18.2 Å². The number of carbonyl (C=O) groups is 1. The minimum atomic E-state index is -0.764. The molecule has 1 aliphatic heterocycles. The summed E-state index contributed by atoms with van der Waals surface area (Å²) >= 11 is 0. The maximum atomic E-state index is 10.6. The van der Waals surface area contributed by atoms with E-state index in [1.165, 1.54) is 0 Å². The van der Waals surface area contributed by atoms with E-state index in [0.717, 1.165) is 31.3 Å². The molecule has 0 spiro atoms. The summed E-state index contributed by atoms with van der Waals surface area (Å²) in [4.78, 5) is 10.6. The number of hydrogen-bond donors (Lipinski definition) is 1. The third-order valence-corrected chi connectivity index (χ3v) is 2.92. The molecular formula is C13H16O3. The molecule has 1 heterocycles. The zero-order valence-corrected chi connectivity index (χ0v) is 9.19. The molecule has 1 aromatic carbocycles. The Morgan fingerprint density at radius 1 is 1.50 bits per heavy atom. The van der Waals surface area contributed by atoms with E-state index in [9.17, 15) is 9.90 Å². The van der Waals surface area contributed by atoms with Crippen LogP contribution in [0.5, 0.6) is 0 Å². The van der Waals surface area contributed by atoms with Crippen molar-refractivity contribution >= 4 is 6.29 Å². The van der Waals surface area contributed by atoms with Crippen molar-refractivity contribution in [1.82, 2.24) is 0 Å². The predicted octanol–water partition coefficient (Wildman–Crippen LogP) is 1.58. The minimum absolute atomic E-state index is 0.387. The van der Waals surface area contributed by atoms with Crippen LogP contribution in [0.15, 0.2) is 24.3 Å². The van der Waals surface area contributed by atoms with Crippen LogP contribution in [-0.4, -0.2) is 30.2 Å². The Bertz CT molecular complexity index is 367. The van der Waals surface area contributed by atoms with Gasteiger partial charge < -0.3 is 9.84 Å². The van der Waals surface area contributed by atoms with Crippen LogP contribution >= 0.6 is 0 Å². The van der Waals surface area contributed by atoms with Gasteiger partial charge in [0.15, 0.2) is 0 Å². The van der Waals surface area contributed by atoms with Gasteiger partial charge in [0.05, 0.1) is 12.2 Å². The molecule has 1 fully saturated rings. The Morgan fingerprint density at radius 3 is 3.06 bits per heavy atom. The number of benzene rings is 1. The summed E-state index contributed by atoms with van der Waals surface area (Å²) in [6.07, 6.45) is 3.03. The quantitative estimate of drug-likeness (QED) is 0.787. The molecule has 0 amide bonds. The lowest BCUT2D eigenvalue weighted by Crippen LogP contribution is -2.40. The molecule has 0 radical (unpaired) electrons. The Hall–Kier alpha value is -1.19. The van der Waals surface area contributed by atoms with E-state index in [4.69, 9.17) is 4.74 Å². The highest BCUT2D eigenvalue weighted by Gasteiger charge is 2.30. The summed E-state index contributed by atoms with van der Waals surface area (Å²) in [5.74, 6) is 0. The van der Waals surface area contributed by atoms with Crippen LogP contribution < -0.4 is 0 Å². The first kappa shape index (κ1) is 11.3. The average Bonchev–Trinajstić information content (AvgIpc) is 2.29. The number of aliphatic hydroxyl groups is 1. The van der Waals surface area contributed by atoms with Gasteiger partial charge in [-0.15, -0.1) is 0 Å². The van der Waals surface area contributed by atoms with Crippen LogP contribution in [0.1, 0.15) is 28.8 Å². The largest absolute Gasteiger partial charge is 0.387 e. The molecule has 1 atom stereocenters. The average molecular weight is 220 g/mol. The summed E-state index contributed by atoms with van der Waals surface area (Å²) < 4.78 is 5.29. The molecule has 1 N–H and O–H groups in total. The molecule has 1 aromatic rings. The zero-order valence-electron chi connectivity index (χ0n) is 9.19. The summed E-state index contributed by atoms with van der Waals surface area (Å²) in [5, 5.41) is 10.3. The highest BCUT2D eigenvalue weighted by Crippen LogP contribution is 2.23. The van der Waals surface area contributed by atoms with E-state index >= 15 is 0 Å². The van der Waals surface area contributed by atoms with E-state index in [0.29, 0.717) is 18.6 Å². The summed E-state index contributed by atoms with van der Waals surface area (Å²) in [5.41, 5.74) is 0.871. The molecule has 3 nitrogen and oxygen atoms in total. The van der Waals surface area contributed by atoms with E-state index < -0.39 is 5.60 Å². The number of ether oxygens (including phenoxy) is 1. The summed E-state index contributed by atoms with van der Waals surface area (Å²) in [7, 11) is 0. The van der Waals surface area contributed by atoms with Gasteiger partial charge in [-0.3, -0.25) is 4.79 Å². The second kappa shape index (κ2) is 4.76.